The number of nitrogens with one attached hydrogen (secondary N) is 2. The number of aromatic nitrogens is 1. The van der Waals surface area contributed by atoms with Crippen LogP contribution in [0.4, 0.5) is 0 Å². The zero-order valence-electron chi connectivity index (χ0n) is 10.9. The number of amides is 1. The first-order valence-corrected chi connectivity index (χ1v) is 6.63. The van der Waals surface area contributed by atoms with Crippen molar-refractivity contribution in [3.63, 3.8) is 0 Å². The Bertz CT molecular complexity index is 434. The molecule has 0 atom stereocenters. The van der Waals surface area contributed by atoms with E-state index in [4.69, 9.17) is 0 Å². The monoisotopic (exact) mass is 247 g/mol. The zero-order chi connectivity index (χ0) is 12.8. The number of carbonyl (C=O) groups excluding carboxylic acids is 1. The second kappa shape index (κ2) is 6.40. The lowest BCUT2D eigenvalue weighted by Gasteiger charge is -2.15. The molecular formula is C14H21N3O. The predicted molar refractivity (Wildman–Crippen MR) is 72.6 cm³/mol. The average molecular weight is 247 g/mol. The molecule has 4 heteroatoms. The van der Waals surface area contributed by atoms with Gasteiger partial charge in [-0.3, -0.25) is 4.79 Å². The molecule has 1 aliphatic rings. The molecule has 18 heavy (non-hydrogen) atoms. The van der Waals surface area contributed by atoms with E-state index in [1.165, 1.54) is 5.57 Å². The molecule has 2 heterocycles. The van der Waals surface area contributed by atoms with E-state index in [9.17, 15) is 4.79 Å². The van der Waals surface area contributed by atoms with Gasteiger partial charge < -0.3 is 15.2 Å². The lowest BCUT2D eigenvalue weighted by atomic mass is 10.1. The third-order valence-electron chi connectivity index (χ3n) is 3.16. The molecule has 98 valence electrons. The molecule has 0 aromatic carbocycles. The maximum Gasteiger partial charge on any atom is 0.268 e. The van der Waals surface area contributed by atoms with Crippen LogP contribution in [0, 0.1) is 0 Å². The Balaban J connectivity index is 1.90. The van der Waals surface area contributed by atoms with E-state index in [0.717, 1.165) is 38.2 Å². The molecule has 0 bridgehead atoms. The molecule has 4 nitrogen and oxygen atoms in total. The van der Waals surface area contributed by atoms with Gasteiger partial charge in [0.2, 0.25) is 0 Å². The van der Waals surface area contributed by atoms with Crippen LogP contribution in [0.5, 0.6) is 0 Å². The van der Waals surface area contributed by atoms with Crippen molar-refractivity contribution in [1.29, 1.82) is 0 Å². The molecule has 1 aromatic rings. The molecule has 0 aliphatic carbocycles. The van der Waals surface area contributed by atoms with E-state index < -0.39 is 0 Å². The fraction of sp³-hybridized carbons (Fsp3) is 0.500. The van der Waals surface area contributed by atoms with Gasteiger partial charge in [-0.05, 0) is 31.5 Å². The van der Waals surface area contributed by atoms with Gasteiger partial charge in [0.15, 0.2) is 0 Å². The number of hydrogen-bond donors (Lipinski definition) is 2. The summed E-state index contributed by atoms with van der Waals surface area (Å²) in [5.41, 5.74) is 2.07. The average Bonchev–Trinajstić information content (AvgIpc) is 2.86. The Labute approximate surface area is 108 Å². The van der Waals surface area contributed by atoms with E-state index in [0.29, 0.717) is 6.54 Å². The summed E-state index contributed by atoms with van der Waals surface area (Å²) in [5.74, 6) is 0.0212. The Morgan fingerprint density at radius 2 is 2.44 bits per heavy atom. The number of nitrogens with zero attached hydrogens (tertiary/aromatic N) is 1. The summed E-state index contributed by atoms with van der Waals surface area (Å²) in [6, 6.07) is 3.80. The van der Waals surface area contributed by atoms with Crippen molar-refractivity contribution in [2.24, 2.45) is 0 Å². The Kier molecular flexibility index (Phi) is 4.59. The molecule has 1 amide bonds. The second-order valence-corrected chi connectivity index (χ2v) is 4.59. The van der Waals surface area contributed by atoms with Gasteiger partial charge in [-0.1, -0.05) is 18.6 Å². The van der Waals surface area contributed by atoms with Crippen LogP contribution in [0.3, 0.4) is 0 Å². The topological polar surface area (TPSA) is 46.1 Å². The van der Waals surface area contributed by atoms with Crippen molar-refractivity contribution in [1.82, 2.24) is 15.2 Å². The molecule has 0 spiro atoms. The highest BCUT2D eigenvalue weighted by Gasteiger charge is 2.11. The molecule has 0 radical (unpaired) electrons. The molecule has 0 saturated heterocycles. The van der Waals surface area contributed by atoms with Gasteiger partial charge in [-0.25, -0.2) is 0 Å². The van der Waals surface area contributed by atoms with Crippen LogP contribution in [0.25, 0.3) is 0 Å². The summed E-state index contributed by atoms with van der Waals surface area (Å²) >= 11 is 0. The van der Waals surface area contributed by atoms with E-state index in [-0.39, 0.29) is 5.91 Å². The van der Waals surface area contributed by atoms with Crippen molar-refractivity contribution in [3.8, 4) is 0 Å². The third kappa shape index (κ3) is 3.23. The number of rotatable bonds is 5. The highest BCUT2D eigenvalue weighted by molar-refractivity contribution is 5.92. The summed E-state index contributed by atoms with van der Waals surface area (Å²) in [4.78, 5) is 12.1. The summed E-state index contributed by atoms with van der Waals surface area (Å²) in [7, 11) is 0. The zero-order valence-corrected chi connectivity index (χ0v) is 10.9. The van der Waals surface area contributed by atoms with Crippen molar-refractivity contribution in [2.45, 2.75) is 26.3 Å². The molecule has 0 saturated carbocycles. The quantitative estimate of drug-likeness (QED) is 0.775. The number of carbonyl (C=O) groups is 1. The van der Waals surface area contributed by atoms with Crippen molar-refractivity contribution >= 4 is 5.91 Å². The van der Waals surface area contributed by atoms with E-state index in [1.807, 2.05) is 22.9 Å². The van der Waals surface area contributed by atoms with E-state index in [2.05, 4.69) is 23.6 Å². The lowest BCUT2D eigenvalue weighted by Crippen LogP contribution is -2.30. The fourth-order valence-electron chi connectivity index (χ4n) is 2.17. The molecule has 0 unspecified atom stereocenters. The fourth-order valence-corrected chi connectivity index (χ4v) is 2.17. The number of aryl methyl sites for hydroxylation is 1. The Morgan fingerprint density at radius 3 is 3.17 bits per heavy atom. The van der Waals surface area contributed by atoms with Gasteiger partial charge in [-0.2, -0.15) is 0 Å². The summed E-state index contributed by atoms with van der Waals surface area (Å²) in [5, 5.41) is 6.26. The van der Waals surface area contributed by atoms with Crippen molar-refractivity contribution < 1.29 is 4.79 Å². The van der Waals surface area contributed by atoms with Gasteiger partial charge in [0, 0.05) is 25.8 Å². The maximum atomic E-state index is 12.1. The minimum Gasteiger partial charge on any atom is -0.347 e. The molecule has 1 aliphatic heterocycles. The van der Waals surface area contributed by atoms with Gasteiger partial charge in [0.25, 0.3) is 5.91 Å². The normalized spacial score (nSPS) is 15.3. The van der Waals surface area contributed by atoms with Crippen LogP contribution in [-0.2, 0) is 6.54 Å². The van der Waals surface area contributed by atoms with E-state index in [1.54, 1.807) is 0 Å². The number of hydrogen-bond acceptors (Lipinski definition) is 2. The largest absolute Gasteiger partial charge is 0.347 e. The molecule has 2 N–H and O–H groups in total. The predicted octanol–water partition coefficient (Wildman–Crippen LogP) is 1.55. The van der Waals surface area contributed by atoms with E-state index >= 15 is 0 Å². The Morgan fingerprint density at radius 1 is 1.56 bits per heavy atom. The first-order chi connectivity index (χ1) is 8.81. The minimum absolute atomic E-state index is 0.0212. The van der Waals surface area contributed by atoms with Gasteiger partial charge in [0.1, 0.15) is 5.69 Å². The standard InChI is InChI=1S/C14H21N3O/c1-2-9-17-10-3-4-13(17)14(18)16-11-12-5-7-15-8-6-12/h3-5,10,15H,2,6-9,11H2,1H3,(H,16,18). The van der Waals surface area contributed by atoms with Crippen LogP contribution >= 0.6 is 0 Å². The smallest absolute Gasteiger partial charge is 0.268 e. The Hall–Kier alpha value is -1.55. The first-order valence-electron chi connectivity index (χ1n) is 6.63. The molecular weight excluding hydrogens is 226 g/mol. The molecule has 0 fully saturated rings. The third-order valence-corrected chi connectivity index (χ3v) is 3.16. The molecule has 1 aromatic heterocycles. The highest BCUT2D eigenvalue weighted by Crippen LogP contribution is 2.06. The van der Waals surface area contributed by atoms with Crippen LogP contribution < -0.4 is 10.6 Å². The van der Waals surface area contributed by atoms with Crippen LogP contribution in [0.1, 0.15) is 30.3 Å². The summed E-state index contributed by atoms with van der Waals surface area (Å²) in [6.45, 7) is 5.59. The SMILES string of the molecule is CCCn1cccc1C(=O)NCC1=CCNCC1. The maximum absolute atomic E-state index is 12.1. The van der Waals surface area contributed by atoms with Crippen molar-refractivity contribution in [2.75, 3.05) is 19.6 Å². The second-order valence-electron chi connectivity index (χ2n) is 4.59. The van der Waals surface area contributed by atoms with Gasteiger partial charge in [-0.15, -0.1) is 0 Å². The lowest BCUT2D eigenvalue weighted by molar-refractivity contribution is 0.0947. The minimum atomic E-state index is 0.0212. The van der Waals surface area contributed by atoms with Crippen LogP contribution in [0.15, 0.2) is 30.0 Å². The van der Waals surface area contributed by atoms with Crippen molar-refractivity contribution in [3.05, 3.63) is 35.7 Å². The summed E-state index contributed by atoms with van der Waals surface area (Å²) in [6.07, 6.45) is 6.18. The van der Waals surface area contributed by atoms with Gasteiger partial charge in [0.05, 0.1) is 0 Å². The highest BCUT2D eigenvalue weighted by atomic mass is 16.1. The molecule has 2 rings (SSSR count). The summed E-state index contributed by atoms with van der Waals surface area (Å²) < 4.78 is 2.01. The first kappa shape index (κ1) is 12.9. The van der Waals surface area contributed by atoms with Crippen LogP contribution in [0.2, 0.25) is 0 Å². The van der Waals surface area contributed by atoms with Gasteiger partial charge >= 0.3 is 0 Å². The van der Waals surface area contributed by atoms with Crippen LogP contribution in [-0.4, -0.2) is 30.1 Å².